The van der Waals surface area contributed by atoms with Gasteiger partial charge in [-0.05, 0) is 31.5 Å². The second-order valence-electron chi connectivity index (χ2n) is 5.05. The number of anilines is 1. The van der Waals surface area contributed by atoms with E-state index in [9.17, 15) is 9.59 Å². The predicted molar refractivity (Wildman–Crippen MR) is 89.3 cm³/mol. The molecule has 23 heavy (non-hydrogen) atoms. The number of rotatable bonds is 5. The Labute approximate surface area is 135 Å². The van der Waals surface area contributed by atoms with Crippen molar-refractivity contribution < 1.29 is 14.3 Å². The molecule has 0 radical (unpaired) electrons. The number of carbonyl (C=O) groups excluding carboxylic acids is 2. The minimum absolute atomic E-state index is 0.305. The van der Waals surface area contributed by atoms with Gasteiger partial charge in [0.2, 0.25) is 0 Å². The molecular formula is C18H20N2O3. The van der Waals surface area contributed by atoms with E-state index in [1.165, 1.54) is 0 Å². The van der Waals surface area contributed by atoms with Crippen molar-refractivity contribution in [2.45, 2.75) is 20.4 Å². The van der Waals surface area contributed by atoms with Crippen LogP contribution in [0.1, 0.15) is 18.1 Å². The van der Waals surface area contributed by atoms with E-state index in [0.717, 1.165) is 11.1 Å². The minimum atomic E-state index is -0.718. The lowest BCUT2D eigenvalue weighted by molar-refractivity contribution is -0.136. The van der Waals surface area contributed by atoms with Crippen molar-refractivity contribution in [2.24, 2.45) is 0 Å². The van der Waals surface area contributed by atoms with Gasteiger partial charge in [0.1, 0.15) is 5.75 Å². The predicted octanol–water partition coefficient (Wildman–Crippen LogP) is 2.65. The Morgan fingerprint density at radius 3 is 2.39 bits per heavy atom. The molecule has 5 nitrogen and oxygen atoms in total. The van der Waals surface area contributed by atoms with Crippen molar-refractivity contribution in [3.8, 4) is 5.75 Å². The Morgan fingerprint density at radius 2 is 1.70 bits per heavy atom. The first-order valence-corrected chi connectivity index (χ1v) is 7.46. The lowest BCUT2D eigenvalue weighted by Gasteiger charge is -2.11. The highest BCUT2D eigenvalue weighted by molar-refractivity contribution is 6.39. The van der Waals surface area contributed by atoms with Crippen LogP contribution in [0, 0.1) is 6.92 Å². The van der Waals surface area contributed by atoms with E-state index in [4.69, 9.17) is 4.74 Å². The van der Waals surface area contributed by atoms with Crippen LogP contribution in [0.3, 0.4) is 0 Å². The fraction of sp³-hybridized carbons (Fsp3) is 0.222. The molecule has 2 aromatic carbocycles. The first-order chi connectivity index (χ1) is 11.1. The highest BCUT2D eigenvalue weighted by Gasteiger charge is 2.15. The smallest absolute Gasteiger partial charge is 0.313 e. The third-order valence-corrected chi connectivity index (χ3v) is 3.22. The fourth-order valence-corrected chi connectivity index (χ4v) is 2.00. The van der Waals surface area contributed by atoms with Crippen LogP contribution in [-0.2, 0) is 16.1 Å². The van der Waals surface area contributed by atoms with Gasteiger partial charge in [-0.15, -0.1) is 0 Å². The average molecular weight is 312 g/mol. The van der Waals surface area contributed by atoms with Gasteiger partial charge in [-0.1, -0.05) is 42.0 Å². The van der Waals surface area contributed by atoms with Gasteiger partial charge in [-0.2, -0.15) is 0 Å². The number of carbonyl (C=O) groups is 2. The van der Waals surface area contributed by atoms with Crippen LogP contribution in [0.4, 0.5) is 5.69 Å². The molecule has 2 N–H and O–H groups in total. The summed E-state index contributed by atoms with van der Waals surface area (Å²) in [5, 5.41) is 5.16. The standard InChI is InChI=1S/C18H20N2O3/c1-3-23-16-7-5-4-6-15(16)20-18(22)17(21)19-12-14-10-8-13(2)9-11-14/h4-11H,3,12H2,1-2H3,(H,19,21)(H,20,22). The molecule has 0 saturated carbocycles. The van der Waals surface area contributed by atoms with E-state index < -0.39 is 11.8 Å². The summed E-state index contributed by atoms with van der Waals surface area (Å²) in [5.41, 5.74) is 2.56. The molecule has 0 unspecified atom stereocenters. The van der Waals surface area contributed by atoms with Gasteiger partial charge in [-0.25, -0.2) is 0 Å². The van der Waals surface area contributed by atoms with Crippen LogP contribution < -0.4 is 15.4 Å². The average Bonchev–Trinajstić information content (AvgIpc) is 2.56. The van der Waals surface area contributed by atoms with E-state index in [-0.39, 0.29) is 0 Å². The molecule has 0 aliphatic heterocycles. The summed E-state index contributed by atoms with van der Waals surface area (Å²) in [5.74, 6) is -0.865. The summed E-state index contributed by atoms with van der Waals surface area (Å²) < 4.78 is 5.41. The Balaban J connectivity index is 1.92. The Kier molecular flexibility index (Phi) is 5.74. The van der Waals surface area contributed by atoms with E-state index in [1.807, 2.05) is 38.1 Å². The Bertz CT molecular complexity index is 681. The topological polar surface area (TPSA) is 67.4 Å². The molecule has 0 heterocycles. The van der Waals surface area contributed by atoms with Crippen molar-refractivity contribution in [1.29, 1.82) is 0 Å². The van der Waals surface area contributed by atoms with Crippen molar-refractivity contribution in [3.05, 3.63) is 59.7 Å². The quantitative estimate of drug-likeness (QED) is 0.834. The summed E-state index contributed by atoms with van der Waals surface area (Å²) in [6, 6.07) is 14.7. The first kappa shape index (κ1) is 16.5. The molecule has 0 fully saturated rings. The van der Waals surface area contributed by atoms with Gasteiger partial charge in [0.25, 0.3) is 0 Å². The summed E-state index contributed by atoms with van der Waals surface area (Å²) in [6.45, 7) is 4.63. The Hall–Kier alpha value is -2.82. The van der Waals surface area contributed by atoms with Crippen LogP contribution in [0.25, 0.3) is 0 Å². The maximum atomic E-state index is 12.0. The maximum Gasteiger partial charge on any atom is 0.313 e. The molecule has 0 bridgehead atoms. The second-order valence-corrected chi connectivity index (χ2v) is 5.05. The van der Waals surface area contributed by atoms with Gasteiger partial charge in [-0.3, -0.25) is 9.59 Å². The molecule has 2 rings (SSSR count). The molecule has 5 heteroatoms. The number of aryl methyl sites for hydroxylation is 1. The van der Waals surface area contributed by atoms with E-state index in [1.54, 1.807) is 24.3 Å². The molecule has 0 aromatic heterocycles. The van der Waals surface area contributed by atoms with Gasteiger partial charge in [0, 0.05) is 6.54 Å². The van der Waals surface area contributed by atoms with Gasteiger partial charge in [0.05, 0.1) is 12.3 Å². The third kappa shape index (κ3) is 4.85. The molecule has 2 aromatic rings. The van der Waals surface area contributed by atoms with Crippen LogP contribution in [0.5, 0.6) is 5.75 Å². The zero-order chi connectivity index (χ0) is 16.7. The number of para-hydroxylation sites is 2. The second kappa shape index (κ2) is 7.98. The highest BCUT2D eigenvalue weighted by Crippen LogP contribution is 2.23. The number of benzene rings is 2. The van der Waals surface area contributed by atoms with Crippen molar-refractivity contribution in [2.75, 3.05) is 11.9 Å². The molecule has 2 amide bonds. The zero-order valence-corrected chi connectivity index (χ0v) is 13.3. The van der Waals surface area contributed by atoms with Gasteiger partial charge in [0.15, 0.2) is 0 Å². The molecule has 0 spiro atoms. The number of ether oxygens (including phenoxy) is 1. The van der Waals surface area contributed by atoms with Crippen molar-refractivity contribution >= 4 is 17.5 Å². The molecule has 0 saturated heterocycles. The zero-order valence-electron chi connectivity index (χ0n) is 13.3. The number of nitrogens with one attached hydrogen (secondary N) is 2. The normalized spacial score (nSPS) is 10.0. The number of hydrogen-bond donors (Lipinski definition) is 2. The monoisotopic (exact) mass is 312 g/mol. The molecule has 0 aliphatic rings. The lowest BCUT2D eigenvalue weighted by atomic mass is 10.1. The molecular weight excluding hydrogens is 292 g/mol. The largest absolute Gasteiger partial charge is 0.492 e. The number of hydrogen-bond acceptors (Lipinski definition) is 3. The summed E-state index contributed by atoms with van der Waals surface area (Å²) in [6.07, 6.45) is 0. The van der Waals surface area contributed by atoms with E-state index in [0.29, 0.717) is 24.6 Å². The first-order valence-electron chi connectivity index (χ1n) is 7.46. The molecule has 0 aliphatic carbocycles. The third-order valence-electron chi connectivity index (χ3n) is 3.22. The maximum absolute atomic E-state index is 12.0. The van der Waals surface area contributed by atoms with Crippen LogP contribution in [0.2, 0.25) is 0 Å². The number of amides is 2. The molecule has 120 valence electrons. The lowest BCUT2D eigenvalue weighted by Crippen LogP contribution is -2.35. The van der Waals surface area contributed by atoms with E-state index in [2.05, 4.69) is 10.6 Å². The SMILES string of the molecule is CCOc1ccccc1NC(=O)C(=O)NCc1ccc(C)cc1. The molecule has 0 atom stereocenters. The summed E-state index contributed by atoms with van der Waals surface area (Å²) >= 11 is 0. The Morgan fingerprint density at radius 1 is 1.00 bits per heavy atom. The summed E-state index contributed by atoms with van der Waals surface area (Å²) in [4.78, 5) is 23.9. The summed E-state index contributed by atoms with van der Waals surface area (Å²) in [7, 11) is 0. The van der Waals surface area contributed by atoms with Gasteiger partial charge < -0.3 is 15.4 Å². The van der Waals surface area contributed by atoms with Gasteiger partial charge >= 0.3 is 11.8 Å². The minimum Gasteiger partial charge on any atom is -0.492 e. The van der Waals surface area contributed by atoms with Crippen molar-refractivity contribution in [3.63, 3.8) is 0 Å². The van der Waals surface area contributed by atoms with Crippen LogP contribution in [-0.4, -0.2) is 18.4 Å². The highest BCUT2D eigenvalue weighted by atomic mass is 16.5. The van der Waals surface area contributed by atoms with E-state index >= 15 is 0 Å². The van der Waals surface area contributed by atoms with Crippen LogP contribution >= 0.6 is 0 Å². The van der Waals surface area contributed by atoms with Crippen molar-refractivity contribution in [1.82, 2.24) is 5.32 Å². The van der Waals surface area contributed by atoms with Crippen LogP contribution in [0.15, 0.2) is 48.5 Å². The fourth-order valence-electron chi connectivity index (χ4n) is 2.00.